The van der Waals surface area contributed by atoms with Crippen LogP contribution in [0.3, 0.4) is 0 Å². The minimum atomic E-state index is 0. The van der Waals surface area contributed by atoms with Crippen molar-refractivity contribution in [3.63, 3.8) is 0 Å². The molecule has 1 N–H and O–H groups in total. The molecule has 0 saturated carbocycles. The van der Waals surface area contributed by atoms with Crippen molar-refractivity contribution in [3.05, 3.63) is 115 Å². The van der Waals surface area contributed by atoms with Crippen LogP contribution in [-0.2, 0) is 0 Å². The van der Waals surface area contributed by atoms with Crippen molar-refractivity contribution in [1.82, 2.24) is 4.98 Å². The van der Waals surface area contributed by atoms with Crippen LogP contribution in [0.15, 0.2) is 115 Å². The molecule has 0 radical (unpaired) electrons. The van der Waals surface area contributed by atoms with Crippen LogP contribution in [0.1, 0.15) is 0 Å². The Morgan fingerprint density at radius 3 is 2.33 bits per heavy atom. The van der Waals surface area contributed by atoms with Crippen LogP contribution in [0.5, 0.6) is 5.75 Å². The van der Waals surface area contributed by atoms with Crippen LogP contribution in [0.25, 0.3) is 75.1 Å². The Balaban J connectivity index is 0.00000253. The van der Waals surface area contributed by atoms with Gasteiger partial charge in [0.15, 0.2) is 6.20 Å². The number of fused-ring (bicyclic) bond motifs is 6. The van der Waals surface area contributed by atoms with E-state index >= 15 is 0 Å². The Morgan fingerprint density at radius 2 is 1.41 bits per heavy atom. The summed E-state index contributed by atoms with van der Waals surface area (Å²) in [6.45, 7) is 0. The number of hydrogen-bond donors (Lipinski definition) is 0. The zero-order valence-electron chi connectivity index (χ0n) is 21.2. The SMILES string of the molecule is [Li+].[O-]c1c(-c2c3ccccc3cc3c2ccc2c(-c4nc5ccccc5s4)cccc23)ccc2ccc[nH+]c12. The molecule has 2 aromatic heterocycles. The summed E-state index contributed by atoms with van der Waals surface area (Å²) in [5.74, 6) is 0.0177. The third-order valence-electron chi connectivity index (χ3n) is 7.49. The van der Waals surface area contributed by atoms with Crippen LogP contribution in [-0.4, -0.2) is 4.98 Å². The number of aromatic nitrogens is 2. The molecule has 0 aliphatic carbocycles. The van der Waals surface area contributed by atoms with Crippen molar-refractivity contribution < 1.29 is 29.0 Å². The van der Waals surface area contributed by atoms with Crippen molar-refractivity contribution >= 4 is 64.8 Å². The third-order valence-corrected chi connectivity index (χ3v) is 8.56. The quantitative estimate of drug-likeness (QED) is 0.184. The van der Waals surface area contributed by atoms with Crippen LogP contribution in [0.2, 0.25) is 0 Å². The molecule has 0 spiro atoms. The second-order valence-corrected chi connectivity index (χ2v) is 10.6. The molecule has 3 nitrogen and oxygen atoms in total. The molecule has 0 aliphatic heterocycles. The van der Waals surface area contributed by atoms with E-state index in [1.165, 1.54) is 4.70 Å². The van der Waals surface area contributed by atoms with E-state index in [9.17, 15) is 5.11 Å². The van der Waals surface area contributed by atoms with E-state index in [0.29, 0.717) is 11.1 Å². The van der Waals surface area contributed by atoms with E-state index in [4.69, 9.17) is 4.98 Å². The molecule has 178 valence electrons. The molecule has 8 aromatic rings. The first kappa shape index (κ1) is 23.9. The van der Waals surface area contributed by atoms with Gasteiger partial charge in [0.25, 0.3) is 0 Å². The molecular formula is C34H20LiN2OS+. The monoisotopic (exact) mass is 511 g/mol. The number of benzene rings is 6. The first-order valence-corrected chi connectivity index (χ1v) is 13.4. The van der Waals surface area contributed by atoms with Gasteiger partial charge in [0.05, 0.1) is 10.2 Å². The van der Waals surface area contributed by atoms with Gasteiger partial charge in [-0.2, -0.15) is 0 Å². The van der Waals surface area contributed by atoms with Crippen molar-refractivity contribution in [3.8, 4) is 27.4 Å². The zero-order chi connectivity index (χ0) is 25.2. The molecular weight excluding hydrogens is 491 g/mol. The molecule has 8 rings (SSSR count). The summed E-state index contributed by atoms with van der Waals surface area (Å²) in [6, 6.07) is 37.6. The number of H-pyrrole nitrogens is 1. The maximum absolute atomic E-state index is 13.8. The molecule has 2 heterocycles. The van der Waals surface area contributed by atoms with Crippen molar-refractivity contribution in [2.24, 2.45) is 0 Å². The maximum atomic E-state index is 13.8. The van der Waals surface area contributed by atoms with Gasteiger partial charge >= 0.3 is 18.9 Å². The first-order chi connectivity index (χ1) is 18.8. The van der Waals surface area contributed by atoms with Crippen molar-refractivity contribution in [2.45, 2.75) is 0 Å². The number of nitrogens with zero attached hydrogens (tertiary/aromatic N) is 1. The molecule has 0 fully saturated rings. The van der Waals surface area contributed by atoms with Crippen molar-refractivity contribution in [1.29, 1.82) is 0 Å². The average molecular weight is 512 g/mol. The van der Waals surface area contributed by atoms with Gasteiger partial charge in [-0.1, -0.05) is 72.8 Å². The third kappa shape index (κ3) is 3.65. The molecule has 39 heavy (non-hydrogen) atoms. The van der Waals surface area contributed by atoms with Gasteiger partial charge in [0.1, 0.15) is 5.01 Å². The van der Waals surface area contributed by atoms with Gasteiger partial charge in [0.2, 0.25) is 5.52 Å². The number of para-hydroxylation sites is 1. The number of rotatable bonds is 2. The number of aromatic amines is 1. The minimum Gasteiger partial charge on any atom is -0.868 e. The van der Waals surface area contributed by atoms with Gasteiger partial charge in [-0.25, -0.2) is 9.97 Å². The zero-order valence-corrected chi connectivity index (χ0v) is 22.0. The summed E-state index contributed by atoms with van der Waals surface area (Å²) in [6.07, 6.45) is 1.81. The van der Waals surface area contributed by atoms with E-state index in [-0.39, 0.29) is 24.6 Å². The molecule has 5 heteroatoms. The average Bonchev–Trinajstić information content (AvgIpc) is 3.40. The van der Waals surface area contributed by atoms with Gasteiger partial charge in [-0.3, -0.25) is 0 Å². The fourth-order valence-corrected chi connectivity index (χ4v) is 6.74. The topological polar surface area (TPSA) is 50.1 Å². The number of thiazole rings is 1. The van der Waals surface area contributed by atoms with Crippen LogP contribution < -0.4 is 29.0 Å². The Morgan fingerprint density at radius 1 is 0.615 bits per heavy atom. The molecule has 0 saturated heterocycles. The number of nitrogens with one attached hydrogen (secondary N) is 1. The molecule has 0 amide bonds. The number of hydrogen-bond acceptors (Lipinski definition) is 3. The maximum Gasteiger partial charge on any atom is 1.00 e. The Hall–Kier alpha value is -4.20. The first-order valence-electron chi connectivity index (χ1n) is 12.6. The summed E-state index contributed by atoms with van der Waals surface area (Å²) in [5.41, 5.74) is 4.47. The minimum absolute atomic E-state index is 0. The summed E-state index contributed by atoms with van der Waals surface area (Å²) >= 11 is 1.72. The van der Waals surface area contributed by atoms with Gasteiger partial charge < -0.3 is 5.11 Å². The van der Waals surface area contributed by atoms with Gasteiger partial charge in [0, 0.05) is 17.0 Å². The predicted octanol–water partition coefficient (Wildman–Crippen LogP) is 5.13. The van der Waals surface area contributed by atoms with Crippen LogP contribution >= 0.6 is 11.3 Å². The molecule has 0 atom stereocenters. The van der Waals surface area contributed by atoms with E-state index in [1.807, 2.05) is 42.6 Å². The summed E-state index contributed by atoms with van der Waals surface area (Å²) in [4.78, 5) is 8.12. The Kier molecular flexibility index (Phi) is 5.64. The largest absolute Gasteiger partial charge is 1.00 e. The van der Waals surface area contributed by atoms with Crippen LogP contribution in [0, 0.1) is 0 Å². The standard InChI is InChI=1S/C34H20N2OS.Li/c37-33-27(15-14-20-8-6-18-35-32(20)33)31-22-9-2-1-7-21(22)19-28-23-10-5-11-26(24(23)16-17-25(28)31)34-36-29-12-3-4-13-30(29)38-34;/h1-19,37H;/q;+1. The number of pyridine rings is 1. The molecule has 6 aromatic carbocycles. The second-order valence-electron chi connectivity index (χ2n) is 9.60. The molecule has 0 aliphatic rings. The van der Waals surface area contributed by atoms with E-state index in [2.05, 4.69) is 77.8 Å². The molecule has 0 bridgehead atoms. The fraction of sp³-hybridized carbons (Fsp3) is 0. The second kappa shape index (κ2) is 9.22. The summed E-state index contributed by atoms with van der Waals surface area (Å²) in [7, 11) is 0. The van der Waals surface area contributed by atoms with E-state index in [1.54, 1.807) is 11.3 Å². The smallest absolute Gasteiger partial charge is 0.868 e. The van der Waals surface area contributed by atoms with Gasteiger partial charge in [-0.15, -0.1) is 11.3 Å². The normalized spacial score (nSPS) is 11.5. The van der Waals surface area contributed by atoms with Crippen molar-refractivity contribution in [2.75, 3.05) is 0 Å². The van der Waals surface area contributed by atoms with E-state index in [0.717, 1.165) is 59.4 Å². The Bertz CT molecular complexity index is 2190. The van der Waals surface area contributed by atoms with E-state index < -0.39 is 0 Å². The summed E-state index contributed by atoms with van der Waals surface area (Å²) < 4.78 is 1.18. The fourth-order valence-electron chi connectivity index (χ4n) is 5.74. The Labute approximate surface area is 240 Å². The van der Waals surface area contributed by atoms with Crippen LogP contribution in [0.4, 0.5) is 0 Å². The molecule has 0 unspecified atom stereocenters. The predicted molar refractivity (Wildman–Crippen MR) is 157 cm³/mol. The summed E-state index contributed by atoms with van der Waals surface area (Å²) in [5, 5.41) is 22.4. The van der Waals surface area contributed by atoms with Gasteiger partial charge in [-0.05, 0) is 79.5 Å².